The van der Waals surface area contributed by atoms with E-state index in [-0.39, 0.29) is 10.1 Å². The molecule has 6 heteroatoms. The second kappa shape index (κ2) is 6.46. The zero-order chi connectivity index (χ0) is 12.1. The first-order chi connectivity index (χ1) is 8.32. The third-order valence-corrected chi connectivity index (χ3v) is 7.54. The number of halogens is 1. The van der Waals surface area contributed by atoms with E-state index in [1.807, 2.05) is 0 Å². The highest BCUT2D eigenvalue weighted by Gasteiger charge is 2.46. The van der Waals surface area contributed by atoms with Crippen molar-refractivity contribution in [2.45, 2.75) is 42.2 Å². The second-order valence-corrected chi connectivity index (χ2v) is 8.10. The van der Waals surface area contributed by atoms with E-state index in [9.17, 15) is 0 Å². The Labute approximate surface area is 116 Å². The summed E-state index contributed by atoms with van der Waals surface area (Å²) in [4.78, 5) is 3.03. The Morgan fingerprint density at radius 1 is 1.29 bits per heavy atom. The van der Waals surface area contributed by atoms with Gasteiger partial charge in [0.15, 0.2) is 0 Å². The minimum Gasteiger partial charge on any atom is -0.144 e. The highest BCUT2D eigenvalue weighted by Crippen LogP contribution is 2.55. The molecule has 2 fully saturated rings. The van der Waals surface area contributed by atoms with Crippen molar-refractivity contribution in [1.82, 2.24) is 0 Å². The lowest BCUT2D eigenvalue weighted by Crippen LogP contribution is -2.38. The summed E-state index contributed by atoms with van der Waals surface area (Å²) in [6, 6.07) is 0.196. The van der Waals surface area contributed by atoms with E-state index >= 15 is 0 Å². The summed E-state index contributed by atoms with van der Waals surface area (Å²) in [6.07, 6.45) is 5.77. The summed E-state index contributed by atoms with van der Waals surface area (Å²) in [6.45, 7) is 0. The Hall–Kier alpha value is 0.300. The van der Waals surface area contributed by atoms with Crippen molar-refractivity contribution in [2.75, 3.05) is 17.4 Å². The van der Waals surface area contributed by atoms with E-state index in [0.29, 0.717) is 11.8 Å². The van der Waals surface area contributed by atoms with Crippen LogP contribution in [0.5, 0.6) is 0 Å². The molecule has 1 saturated heterocycles. The van der Waals surface area contributed by atoms with E-state index in [1.165, 1.54) is 30.8 Å². The monoisotopic (exact) mass is 291 g/mol. The molecule has 0 amide bonds. The quantitative estimate of drug-likeness (QED) is 0.327. The molecule has 0 unspecified atom stereocenters. The molecule has 3 nitrogen and oxygen atoms in total. The summed E-state index contributed by atoms with van der Waals surface area (Å²) in [5.41, 5.74) is 8.68. The van der Waals surface area contributed by atoms with E-state index < -0.39 is 0 Å². The van der Waals surface area contributed by atoms with Gasteiger partial charge in [0.05, 0.1) is 4.08 Å². The van der Waals surface area contributed by atoms with Gasteiger partial charge in [-0.3, -0.25) is 0 Å². The molecule has 1 aliphatic heterocycles. The number of alkyl halides is 1. The molecule has 0 aromatic carbocycles. The Balaban J connectivity index is 2.16. The van der Waals surface area contributed by atoms with Gasteiger partial charge in [0.1, 0.15) is 0 Å². The van der Waals surface area contributed by atoms with Crippen molar-refractivity contribution in [2.24, 2.45) is 11.0 Å². The molecule has 1 saturated carbocycles. The molecular formula is C11H18ClN3S2. The van der Waals surface area contributed by atoms with Crippen LogP contribution in [-0.2, 0) is 0 Å². The first-order valence-corrected chi connectivity index (χ1v) is 8.71. The number of azide groups is 1. The second-order valence-electron chi connectivity index (χ2n) is 4.61. The maximum absolute atomic E-state index is 8.68. The molecule has 0 aromatic rings. The van der Waals surface area contributed by atoms with Gasteiger partial charge in [-0.25, -0.2) is 0 Å². The summed E-state index contributed by atoms with van der Waals surface area (Å²) in [7, 11) is 0. The Morgan fingerprint density at radius 3 is 2.71 bits per heavy atom. The number of hydrogen-bond donors (Lipinski definition) is 0. The summed E-state index contributed by atoms with van der Waals surface area (Å²) < 4.78 is 0.218. The standard InChI is InChI=1S/C11H18ClN3S2/c12-6-5-11(16-7-2-8-17-11)9-3-1-4-10(9)14-15-13/h9-10H,1-8H2/t9-,10-/m0/s1. The number of rotatable bonds is 4. The van der Waals surface area contributed by atoms with Gasteiger partial charge in [0.2, 0.25) is 0 Å². The van der Waals surface area contributed by atoms with Gasteiger partial charge in [-0.1, -0.05) is 11.5 Å². The van der Waals surface area contributed by atoms with Crippen LogP contribution >= 0.6 is 35.1 Å². The lowest BCUT2D eigenvalue weighted by molar-refractivity contribution is 0.428. The topological polar surface area (TPSA) is 48.8 Å². The molecule has 17 heavy (non-hydrogen) atoms. The lowest BCUT2D eigenvalue weighted by Gasteiger charge is -2.42. The Bertz CT molecular complexity index is 296. The van der Waals surface area contributed by atoms with E-state index in [0.717, 1.165) is 12.8 Å². The van der Waals surface area contributed by atoms with Crippen molar-refractivity contribution in [3.8, 4) is 0 Å². The van der Waals surface area contributed by atoms with Crippen LogP contribution in [-0.4, -0.2) is 27.5 Å². The fourth-order valence-electron chi connectivity index (χ4n) is 2.92. The predicted molar refractivity (Wildman–Crippen MR) is 77.9 cm³/mol. The fraction of sp³-hybridized carbons (Fsp3) is 1.00. The molecule has 0 aromatic heterocycles. The van der Waals surface area contributed by atoms with Crippen LogP contribution < -0.4 is 0 Å². The summed E-state index contributed by atoms with van der Waals surface area (Å²) >= 11 is 10.1. The van der Waals surface area contributed by atoms with Crippen LogP contribution in [0.15, 0.2) is 5.11 Å². The third-order valence-electron chi connectivity index (χ3n) is 3.67. The van der Waals surface area contributed by atoms with Gasteiger partial charge in [0.25, 0.3) is 0 Å². The lowest BCUT2D eigenvalue weighted by atomic mass is 9.97. The van der Waals surface area contributed by atoms with Gasteiger partial charge in [0, 0.05) is 16.8 Å². The molecule has 96 valence electrons. The normalized spacial score (nSPS) is 32.1. The third kappa shape index (κ3) is 3.01. The number of thioether (sulfide) groups is 2. The van der Waals surface area contributed by atoms with Crippen LogP contribution in [0.2, 0.25) is 0 Å². The fourth-order valence-corrected chi connectivity index (χ4v) is 7.20. The van der Waals surface area contributed by atoms with E-state index in [1.54, 1.807) is 0 Å². The van der Waals surface area contributed by atoms with Crippen molar-refractivity contribution in [1.29, 1.82) is 0 Å². The minimum absolute atomic E-state index is 0.196. The predicted octanol–water partition coefficient (Wildman–Crippen LogP) is 4.66. The Kier molecular flexibility index (Phi) is 5.22. The number of nitrogens with zero attached hydrogens (tertiary/aromatic N) is 3. The van der Waals surface area contributed by atoms with Crippen LogP contribution in [0.1, 0.15) is 32.1 Å². The van der Waals surface area contributed by atoms with Crippen LogP contribution in [0.3, 0.4) is 0 Å². The maximum Gasteiger partial charge on any atom is 0.0654 e. The molecule has 1 aliphatic carbocycles. The molecule has 1 heterocycles. The van der Waals surface area contributed by atoms with Crippen molar-refractivity contribution >= 4 is 35.1 Å². The molecule has 2 aliphatic rings. The molecular weight excluding hydrogens is 274 g/mol. The molecule has 0 bridgehead atoms. The van der Waals surface area contributed by atoms with Gasteiger partial charge in [-0.15, -0.1) is 35.1 Å². The average molecular weight is 292 g/mol. The highest BCUT2D eigenvalue weighted by atomic mass is 35.5. The summed E-state index contributed by atoms with van der Waals surface area (Å²) in [5.74, 6) is 3.68. The summed E-state index contributed by atoms with van der Waals surface area (Å²) in [5, 5.41) is 4.02. The van der Waals surface area contributed by atoms with Crippen molar-refractivity contribution in [3.63, 3.8) is 0 Å². The Morgan fingerprint density at radius 2 is 2.06 bits per heavy atom. The zero-order valence-corrected chi connectivity index (χ0v) is 12.2. The highest BCUT2D eigenvalue weighted by molar-refractivity contribution is 8.18. The largest absolute Gasteiger partial charge is 0.144 e. The molecule has 2 rings (SSSR count). The van der Waals surface area contributed by atoms with Gasteiger partial charge < -0.3 is 0 Å². The van der Waals surface area contributed by atoms with Crippen LogP contribution in [0, 0.1) is 5.92 Å². The van der Waals surface area contributed by atoms with Crippen LogP contribution in [0.25, 0.3) is 10.4 Å². The van der Waals surface area contributed by atoms with E-state index in [4.69, 9.17) is 17.1 Å². The molecule has 0 radical (unpaired) electrons. The van der Waals surface area contributed by atoms with Crippen molar-refractivity contribution < 1.29 is 0 Å². The first-order valence-electron chi connectivity index (χ1n) is 6.20. The van der Waals surface area contributed by atoms with Crippen molar-refractivity contribution in [3.05, 3.63) is 10.4 Å². The SMILES string of the molecule is [N-]=[N+]=N[C@H]1CCC[C@@H]1C1(CCCl)SCCCS1. The smallest absolute Gasteiger partial charge is 0.0654 e. The van der Waals surface area contributed by atoms with Gasteiger partial charge in [-0.05, 0) is 48.6 Å². The van der Waals surface area contributed by atoms with Gasteiger partial charge >= 0.3 is 0 Å². The minimum atomic E-state index is 0.196. The molecule has 0 N–H and O–H groups in total. The molecule has 0 spiro atoms. The average Bonchev–Trinajstić information content (AvgIpc) is 2.80. The maximum atomic E-state index is 8.68. The van der Waals surface area contributed by atoms with Gasteiger partial charge in [-0.2, -0.15) is 0 Å². The van der Waals surface area contributed by atoms with E-state index in [2.05, 4.69) is 33.5 Å². The first kappa shape index (κ1) is 13.7. The number of hydrogen-bond acceptors (Lipinski definition) is 3. The zero-order valence-electron chi connectivity index (χ0n) is 9.85. The van der Waals surface area contributed by atoms with Crippen LogP contribution in [0.4, 0.5) is 0 Å². The molecule has 2 atom stereocenters.